The van der Waals surface area contributed by atoms with Gasteiger partial charge in [-0.1, -0.05) is 23.4 Å². The highest BCUT2D eigenvalue weighted by molar-refractivity contribution is 7.23. The van der Waals surface area contributed by atoms with Gasteiger partial charge in [0.15, 0.2) is 0 Å². The van der Waals surface area contributed by atoms with Crippen molar-refractivity contribution in [1.29, 1.82) is 0 Å². The fourth-order valence-corrected chi connectivity index (χ4v) is 6.09. The van der Waals surface area contributed by atoms with Gasteiger partial charge < -0.3 is 20.6 Å². The number of rotatable bonds is 6. The molecule has 1 saturated heterocycles. The molecular formula is C27H29F3N8O5S. The van der Waals surface area contributed by atoms with Gasteiger partial charge in [-0.2, -0.15) is 13.2 Å². The molecule has 0 radical (unpaired) electrons. The van der Waals surface area contributed by atoms with E-state index < -0.39 is 17.7 Å². The largest absolute Gasteiger partial charge is 0.490 e. The number of urea groups is 1. The minimum absolute atomic E-state index is 0.128. The van der Waals surface area contributed by atoms with Gasteiger partial charge in [-0.3, -0.25) is 19.9 Å². The summed E-state index contributed by atoms with van der Waals surface area (Å²) in [5.74, 6) is -1.95. The molecular weight excluding hydrogens is 605 g/mol. The average molecular weight is 635 g/mol. The molecule has 13 nitrogen and oxygen atoms in total. The number of benzene rings is 1. The number of carbonyl (C=O) groups is 4. The number of carboxylic acids is 1. The van der Waals surface area contributed by atoms with Gasteiger partial charge in [0, 0.05) is 41.8 Å². The first-order chi connectivity index (χ1) is 20.9. The lowest BCUT2D eigenvalue weighted by atomic mass is 9.87. The zero-order chi connectivity index (χ0) is 31.6. The van der Waals surface area contributed by atoms with Crippen molar-refractivity contribution in [3.63, 3.8) is 0 Å². The summed E-state index contributed by atoms with van der Waals surface area (Å²) in [6.45, 7) is 3.47. The number of carboxylic acid groups (broad SMARTS) is 1. The molecule has 0 atom stereocenters. The average Bonchev–Trinajstić information content (AvgIpc) is 3.50. The smallest absolute Gasteiger partial charge is 0.475 e. The zero-order valence-corrected chi connectivity index (χ0v) is 24.3. The monoisotopic (exact) mass is 634 g/mol. The van der Waals surface area contributed by atoms with E-state index in [1.165, 1.54) is 11.3 Å². The molecule has 234 valence electrons. The summed E-state index contributed by atoms with van der Waals surface area (Å²) in [7, 11) is 0. The molecule has 1 aromatic carbocycles. The molecule has 3 aromatic rings. The van der Waals surface area contributed by atoms with Gasteiger partial charge in [-0.15, -0.1) is 16.4 Å². The molecule has 3 aliphatic rings. The molecule has 0 unspecified atom stereocenters. The topological polar surface area (TPSA) is 171 Å². The van der Waals surface area contributed by atoms with E-state index in [0.717, 1.165) is 28.6 Å². The Morgan fingerprint density at radius 2 is 1.86 bits per heavy atom. The highest BCUT2D eigenvalue weighted by Gasteiger charge is 2.47. The van der Waals surface area contributed by atoms with Crippen molar-refractivity contribution in [3.05, 3.63) is 41.7 Å². The number of carbonyl (C=O) groups excluding carboxylic acids is 3. The first-order valence-corrected chi connectivity index (χ1v) is 14.7. The summed E-state index contributed by atoms with van der Waals surface area (Å²) in [6, 6.07) is 7.28. The molecule has 0 bridgehead atoms. The van der Waals surface area contributed by atoms with E-state index in [2.05, 4.69) is 26.3 Å². The van der Waals surface area contributed by atoms with Crippen LogP contribution in [-0.2, 0) is 16.1 Å². The van der Waals surface area contributed by atoms with E-state index in [1.807, 2.05) is 37.4 Å². The summed E-state index contributed by atoms with van der Waals surface area (Å²) in [5, 5.41) is 25.3. The number of fused-ring (bicyclic) bond motifs is 1. The van der Waals surface area contributed by atoms with Gasteiger partial charge in [0.05, 0.1) is 11.3 Å². The molecule has 17 heteroatoms. The number of aliphatic carboxylic acids is 1. The van der Waals surface area contributed by atoms with Crippen LogP contribution >= 0.6 is 11.3 Å². The van der Waals surface area contributed by atoms with Gasteiger partial charge in [-0.25, -0.2) is 14.3 Å². The summed E-state index contributed by atoms with van der Waals surface area (Å²) in [5.41, 5.74) is 0.610. The number of likely N-dealkylation sites (tertiary alicyclic amines) is 1. The molecule has 6 rings (SSSR count). The summed E-state index contributed by atoms with van der Waals surface area (Å²) in [4.78, 5) is 54.3. The van der Waals surface area contributed by atoms with E-state index in [1.54, 1.807) is 9.58 Å². The summed E-state index contributed by atoms with van der Waals surface area (Å²) >= 11 is 1.38. The molecule has 2 aromatic heterocycles. The van der Waals surface area contributed by atoms with Gasteiger partial charge in [-0.05, 0) is 38.7 Å². The number of nitrogens with zero attached hydrogens (tertiary/aromatic N) is 5. The van der Waals surface area contributed by atoms with Crippen LogP contribution in [0.5, 0.6) is 0 Å². The number of amidine groups is 1. The minimum atomic E-state index is -5.08. The number of hydrogen-bond acceptors (Lipinski definition) is 8. The Morgan fingerprint density at radius 3 is 2.50 bits per heavy atom. The van der Waals surface area contributed by atoms with E-state index in [4.69, 9.17) is 14.9 Å². The van der Waals surface area contributed by atoms with Gasteiger partial charge in [0.1, 0.15) is 22.9 Å². The fourth-order valence-electron chi connectivity index (χ4n) is 5.00. The molecule has 1 saturated carbocycles. The third-order valence-electron chi connectivity index (χ3n) is 7.39. The second-order valence-electron chi connectivity index (χ2n) is 10.5. The molecule has 1 spiro atoms. The quantitative estimate of drug-likeness (QED) is 0.322. The van der Waals surface area contributed by atoms with E-state index in [9.17, 15) is 27.6 Å². The van der Waals surface area contributed by atoms with Gasteiger partial charge in [0.2, 0.25) is 0 Å². The van der Waals surface area contributed by atoms with Crippen molar-refractivity contribution in [2.75, 3.05) is 25.0 Å². The van der Waals surface area contributed by atoms with E-state index in [0.29, 0.717) is 61.3 Å². The van der Waals surface area contributed by atoms with Crippen LogP contribution in [0.15, 0.2) is 35.5 Å². The predicted octanol–water partition coefficient (Wildman–Crippen LogP) is 3.35. The maximum atomic E-state index is 13.7. The normalized spacial score (nSPS) is 17.5. The van der Waals surface area contributed by atoms with Crippen LogP contribution < -0.4 is 16.0 Å². The van der Waals surface area contributed by atoms with Crippen molar-refractivity contribution in [2.24, 2.45) is 4.99 Å². The first-order valence-electron chi connectivity index (χ1n) is 13.9. The van der Waals surface area contributed by atoms with Crippen molar-refractivity contribution in [1.82, 2.24) is 30.5 Å². The van der Waals surface area contributed by atoms with Crippen molar-refractivity contribution in [3.8, 4) is 0 Å². The van der Waals surface area contributed by atoms with Gasteiger partial charge in [0.25, 0.3) is 11.8 Å². The molecule has 4 N–H and O–H groups in total. The second kappa shape index (κ2) is 12.2. The lowest BCUT2D eigenvalue weighted by Gasteiger charge is -2.35. The summed E-state index contributed by atoms with van der Waals surface area (Å²) in [6.07, 6.45) is 0.00867. The number of hydrogen-bond donors (Lipinski definition) is 4. The lowest BCUT2D eigenvalue weighted by Crippen LogP contribution is -2.50. The van der Waals surface area contributed by atoms with E-state index >= 15 is 0 Å². The molecule has 4 amide bonds. The molecule has 2 aliphatic heterocycles. The third-order valence-corrected chi connectivity index (χ3v) is 8.47. The number of aromatic nitrogens is 3. The molecule has 2 fully saturated rings. The van der Waals surface area contributed by atoms with Crippen LogP contribution in [0.25, 0.3) is 10.1 Å². The molecule has 4 heterocycles. The number of amides is 4. The number of nitrogens with one attached hydrogen (secondary N) is 3. The maximum Gasteiger partial charge on any atom is 0.490 e. The molecule has 44 heavy (non-hydrogen) atoms. The Hall–Kier alpha value is -4.54. The lowest BCUT2D eigenvalue weighted by molar-refractivity contribution is -0.192. The van der Waals surface area contributed by atoms with Crippen LogP contribution in [0.3, 0.4) is 0 Å². The third kappa shape index (κ3) is 6.66. The maximum absolute atomic E-state index is 13.7. The van der Waals surface area contributed by atoms with Crippen LogP contribution in [0.2, 0.25) is 0 Å². The Morgan fingerprint density at radius 1 is 1.18 bits per heavy atom. The van der Waals surface area contributed by atoms with Gasteiger partial charge >= 0.3 is 18.2 Å². The Balaban J connectivity index is 0.000000493. The Kier molecular flexibility index (Phi) is 8.58. The number of thiophene rings is 1. The van der Waals surface area contributed by atoms with Crippen LogP contribution in [-0.4, -0.2) is 86.0 Å². The SMILES string of the molecule is CCNC(=O)Nc1sc2ccccc2c1C(=O)N1CCC2(CC1)N=C(Cn1cc(C3CC3)nn1)NC2=O.O=C(O)C(F)(F)F. The number of alkyl halides is 3. The van der Waals surface area contributed by atoms with Crippen molar-refractivity contribution >= 4 is 56.1 Å². The Bertz CT molecular complexity index is 1620. The zero-order valence-electron chi connectivity index (χ0n) is 23.5. The van der Waals surface area contributed by atoms with Crippen LogP contribution in [0.4, 0.5) is 23.0 Å². The standard InChI is InChI=1S/C25H28N8O3S.C2HF3O2/c1-2-26-24(36)28-21-20(16-5-3-4-6-18(16)37-21)22(34)32-11-9-25(10-12-32)23(35)27-19(29-25)14-33-13-17(30-31-33)15-7-8-15;3-2(4,5)1(6)7/h3-6,13,15H,2,7-12,14H2,1H3,(H2,26,28,36)(H,27,29,35);(H,6,7). The first kappa shape index (κ1) is 30.9. The summed E-state index contributed by atoms with van der Waals surface area (Å²) < 4.78 is 34.4. The van der Waals surface area contributed by atoms with E-state index in [-0.39, 0.29) is 17.8 Å². The number of piperidine rings is 1. The number of anilines is 1. The Labute approximate surface area is 252 Å². The number of aliphatic imine (C=N–C) groups is 1. The highest BCUT2D eigenvalue weighted by atomic mass is 32.1. The molecule has 1 aliphatic carbocycles. The predicted molar refractivity (Wildman–Crippen MR) is 154 cm³/mol. The van der Waals surface area contributed by atoms with Crippen LogP contribution in [0, 0.1) is 0 Å². The second-order valence-corrected chi connectivity index (χ2v) is 11.6. The van der Waals surface area contributed by atoms with Crippen molar-refractivity contribution in [2.45, 2.75) is 56.8 Å². The van der Waals surface area contributed by atoms with Crippen LogP contribution in [0.1, 0.15) is 54.6 Å². The number of halogens is 3. The highest BCUT2D eigenvalue weighted by Crippen LogP contribution is 2.39. The minimum Gasteiger partial charge on any atom is -0.475 e. The fraction of sp³-hybridized carbons (Fsp3) is 0.444. The van der Waals surface area contributed by atoms with Crippen molar-refractivity contribution < 1.29 is 37.5 Å².